The summed E-state index contributed by atoms with van der Waals surface area (Å²) < 4.78 is 0. The van der Waals surface area contributed by atoms with E-state index in [9.17, 15) is 4.79 Å². The van der Waals surface area contributed by atoms with Gasteiger partial charge in [0.05, 0.1) is 23.1 Å². The van der Waals surface area contributed by atoms with Crippen LogP contribution < -0.4 is 20.9 Å². The zero-order valence-corrected chi connectivity index (χ0v) is 17.7. The fourth-order valence-corrected chi connectivity index (χ4v) is 3.42. The van der Waals surface area contributed by atoms with Gasteiger partial charge in [-0.05, 0) is 23.6 Å². The Morgan fingerprint density at radius 1 is 1.20 bits per heavy atom. The molecule has 1 aromatic heterocycles. The molecule has 2 aromatic rings. The predicted octanol–water partition coefficient (Wildman–Crippen LogP) is 2.41. The molecule has 8 nitrogen and oxygen atoms in total. The first-order valence-electron chi connectivity index (χ1n) is 10.1. The second-order valence-corrected chi connectivity index (χ2v) is 7.43. The van der Waals surface area contributed by atoms with Crippen LogP contribution in [0.25, 0.3) is 0 Å². The van der Waals surface area contributed by atoms with Crippen LogP contribution in [0.15, 0.2) is 53.6 Å². The quantitative estimate of drug-likeness (QED) is 0.563. The highest BCUT2D eigenvalue weighted by molar-refractivity contribution is 6.18. The van der Waals surface area contributed by atoms with E-state index in [1.54, 1.807) is 25.6 Å². The normalized spacial score (nSPS) is 15.1. The Labute approximate surface area is 177 Å². The monoisotopic (exact) mass is 407 g/mol. The smallest absolute Gasteiger partial charge is 0.258 e. The maximum atomic E-state index is 12.6. The Morgan fingerprint density at radius 2 is 1.93 bits per heavy atom. The summed E-state index contributed by atoms with van der Waals surface area (Å²) in [5, 5.41) is 3.00. The second kappa shape index (κ2) is 9.87. The number of rotatable bonds is 6. The summed E-state index contributed by atoms with van der Waals surface area (Å²) in [5.74, 6) is 0.999. The third-order valence-corrected chi connectivity index (χ3v) is 5.14. The molecule has 1 aliphatic rings. The van der Waals surface area contributed by atoms with Gasteiger partial charge in [0, 0.05) is 58.0 Å². The Balaban J connectivity index is 1.82. The first-order chi connectivity index (χ1) is 14.5. The van der Waals surface area contributed by atoms with Crippen LogP contribution in [0.1, 0.15) is 25.3 Å². The number of anilines is 3. The van der Waals surface area contributed by atoms with Crippen molar-refractivity contribution in [1.29, 1.82) is 0 Å². The van der Waals surface area contributed by atoms with Crippen molar-refractivity contribution in [3.8, 4) is 0 Å². The van der Waals surface area contributed by atoms with Crippen LogP contribution in [-0.2, 0) is 4.79 Å². The molecule has 1 amide bonds. The standard InChI is InChI=1S/C22H29N7O/c1-16(2)17-4-5-19(27-22(30)18(13-23)14-24-3)20(12-17)28-8-10-29(11-9-28)21-15-25-6-7-26-21/h4-7,12-16H,8-11,23H2,1-3H3,(H,27,30)/b18-13+,24-14?. The van der Waals surface area contributed by atoms with Gasteiger partial charge in [0.25, 0.3) is 5.91 Å². The molecule has 1 saturated heterocycles. The molecule has 3 rings (SSSR count). The molecule has 8 heteroatoms. The number of carbonyl (C=O) groups excluding carboxylic acids is 1. The molecule has 0 bridgehead atoms. The third-order valence-electron chi connectivity index (χ3n) is 5.14. The summed E-state index contributed by atoms with van der Waals surface area (Å²) in [6, 6.07) is 6.19. The van der Waals surface area contributed by atoms with Gasteiger partial charge < -0.3 is 20.9 Å². The highest BCUT2D eigenvalue weighted by Gasteiger charge is 2.22. The zero-order valence-electron chi connectivity index (χ0n) is 17.7. The SMILES string of the molecule is CN=C/C(=C\N)C(=O)Nc1ccc(C(C)C)cc1N1CCN(c2cnccn2)CC1. The van der Waals surface area contributed by atoms with Crippen molar-refractivity contribution in [3.05, 3.63) is 54.1 Å². The summed E-state index contributed by atoms with van der Waals surface area (Å²) in [4.78, 5) is 29.6. The third kappa shape index (κ3) is 4.94. The highest BCUT2D eigenvalue weighted by Crippen LogP contribution is 2.31. The summed E-state index contributed by atoms with van der Waals surface area (Å²) in [7, 11) is 1.61. The van der Waals surface area contributed by atoms with Gasteiger partial charge in [-0.15, -0.1) is 0 Å². The van der Waals surface area contributed by atoms with Crippen molar-refractivity contribution in [2.45, 2.75) is 19.8 Å². The number of nitrogens with one attached hydrogen (secondary N) is 1. The predicted molar refractivity (Wildman–Crippen MR) is 122 cm³/mol. The van der Waals surface area contributed by atoms with Crippen LogP contribution >= 0.6 is 0 Å². The summed E-state index contributed by atoms with van der Waals surface area (Å²) in [6.07, 6.45) is 7.90. The van der Waals surface area contributed by atoms with E-state index in [2.05, 4.69) is 56.1 Å². The van der Waals surface area contributed by atoms with Gasteiger partial charge in [-0.3, -0.25) is 14.8 Å². The topological polar surface area (TPSA) is 99.7 Å². The molecule has 0 unspecified atom stereocenters. The van der Waals surface area contributed by atoms with Crippen LogP contribution in [0.5, 0.6) is 0 Å². The van der Waals surface area contributed by atoms with Gasteiger partial charge in [0.15, 0.2) is 0 Å². The van der Waals surface area contributed by atoms with E-state index in [0.29, 0.717) is 11.5 Å². The van der Waals surface area contributed by atoms with E-state index in [1.165, 1.54) is 18.0 Å². The maximum absolute atomic E-state index is 12.6. The summed E-state index contributed by atoms with van der Waals surface area (Å²) in [6.45, 7) is 7.61. The van der Waals surface area contributed by atoms with E-state index in [1.807, 2.05) is 6.07 Å². The minimum atomic E-state index is -0.278. The minimum absolute atomic E-state index is 0.278. The summed E-state index contributed by atoms with van der Waals surface area (Å²) in [5.41, 5.74) is 8.91. The molecule has 0 radical (unpaired) electrons. The fourth-order valence-electron chi connectivity index (χ4n) is 3.42. The molecule has 1 fully saturated rings. The lowest BCUT2D eigenvalue weighted by Crippen LogP contribution is -2.47. The lowest BCUT2D eigenvalue weighted by atomic mass is 10.0. The van der Waals surface area contributed by atoms with E-state index in [-0.39, 0.29) is 5.91 Å². The molecule has 158 valence electrons. The van der Waals surface area contributed by atoms with Crippen molar-refractivity contribution in [3.63, 3.8) is 0 Å². The fraction of sp³-hybridized carbons (Fsp3) is 0.364. The number of hydrogen-bond donors (Lipinski definition) is 2. The maximum Gasteiger partial charge on any atom is 0.258 e. The molecule has 0 atom stereocenters. The molecule has 0 spiro atoms. The Morgan fingerprint density at radius 3 is 2.53 bits per heavy atom. The van der Waals surface area contributed by atoms with Gasteiger partial charge in [-0.1, -0.05) is 19.9 Å². The van der Waals surface area contributed by atoms with Gasteiger partial charge in [0.2, 0.25) is 0 Å². The highest BCUT2D eigenvalue weighted by atomic mass is 16.1. The van der Waals surface area contributed by atoms with E-state index < -0.39 is 0 Å². The van der Waals surface area contributed by atoms with Crippen molar-refractivity contribution in [2.75, 3.05) is 48.3 Å². The molecule has 30 heavy (non-hydrogen) atoms. The van der Waals surface area contributed by atoms with Crippen molar-refractivity contribution in [2.24, 2.45) is 10.7 Å². The Kier molecular flexibility index (Phi) is 7.00. The molecule has 2 heterocycles. The number of benzene rings is 1. The zero-order chi connectivity index (χ0) is 21.5. The van der Waals surface area contributed by atoms with Gasteiger partial charge in [-0.2, -0.15) is 0 Å². The van der Waals surface area contributed by atoms with Gasteiger partial charge in [-0.25, -0.2) is 4.98 Å². The molecular weight excluding hydrogens is 378 g/mol. The van der Waals surface area contributed by atoms with Crippen LogP contribution in [0.3, 0.4) is 0 Å². The molecular formula is C22H29N7O. The Bertz CT molecular complexity index is 916. The lowest BCUT2D eigenvalue weighted by molar-refractivity contribution is -0.112. The van der Waals surface area contributed by atoms with Crippen molar-refractivity contribution >= 4 is 29.3 Å². The molecule has 1 aromatic carbocycles. The van der Waals surface area contributed by atoms with Gasteiger partial charge >= 0.3 is 0 Å². The average molecular weight is 408 g/mol. The van der Waals surface area contributed by atoms with E-state index in [0.717, 1.165) is 43.4 Å². The number of piperazine rings is 1. The number of carbonyl (C=O) groups is 1. The van der Waals surface area contributed by atoms with Crippen molar-refractivity contribution in [1.82, 2.24) is 9.97 Å². The lowest BCUT2D eigenvalue weighted by Gasteiger charge is -2.37. The summed E-state index contributed by atoms with van der Waals surface area (Å²) >= 11 is 0. The number of aliphatic imine (C=N–C) groups is 1. The van der Waals surface area contributed by atoms with E-state index >= 15 is 0 Å². The number of hydrogen-bond acceptors (Lipinski definition) is 7. The number of nitrogens with two attached hydrogens (primary N) is 1. The molecule has 0 saturated carbocycles. The molecule has 1 aliphatic heterocycles. The number of aromatic nitrogens is 2. The van der Waals surface area contributed by atoms with Gasteiger partial charge in [0.1, 0.15) is 5.82 Å². The van der Waals surface area contributed by atoms with Crippen LogP contribution in [0, 0.1) is 0 Å². The van der Waals surface area contributed by atoms with Crippen LogP contribution in [0.2, 0.25) is 0 Å². The van der Waals surface area contributed by atoms with Crippen LogP contribution in [-0.4, -0.2) is 55.3 Å². The average Bonchev–Trinajstić information content (AvgIpc) is 2.78. The van der Waals surface area contributed by atoms with Crippen molar-refractivity contribution < 1.29 is 4.79 Å². The first-order valence-corrected chi connectivity index (χ1v) is 10.1. The number of amides is 1. The largest absolute Gasteiger partial charge is 0.404 e. The molecule has 0 aliphatic carbocycles. The minimum Gasteiger partial charge on any atom is -0.404 e. The van der Waals surface area contributed by atoms with Crippen LogP contribution in [0.4, 0.5) is 17.2 Å². The Hall–Kier alpha value is -3.42. The van der Waals surface area contributed by atoms with E-state index in [4.69, 9.17) is 5.73 Å². The number of nitrogens with zero attached hydrogens (tertiary/aromatic N) is 5. The second-order valence-electron chi connectivity index (χ2n) is 7.43. The first kappa shape index (κ1) is 21.3. The molecule has 3 N–H and O–H groups in total.